The number of aryl methyl sites for hydroxylation is 1. The first kappa shape index (κ1) is 15.8. The standard InChI is InChI=1S/C19H16ClN3O2/c1-11-21-16-5-3-2-4-14(16)19(25)23(11)13-8-9-15(20)17(10-13)22-18(24)12-6-7-12/h2-5,8-10,12H,6-7H2,1H3,(H,22,24). The van der Waals surface area contributed by atoms with E-state index in [1.165, 1.54) is 4.57 Å². The van der Waals surface area contributed by atoms with Gasteiger partial charge < -0.3 is 5.32 Å². The minimum atomic E-state index is -0.148. The van der Waals surface area contributed by atoms with Gasteiger partial charge in [-0.2, -0.15) is 0 Å². The molecule has 1 saturated carbocycles. The number of hydrogen-bond acceptors (Lipinski definition) is 3. The smallest absolute Gasteiger partial charge is 0.265 e. The summed E-state index contributed by atoms with van der Waals surface area (Å²) in [5.74, 6) is 0.622. The number of carbonyl (C=O) groups excluding carboxylic acids is 1. The highest BCUT2D eigenvalue weighted by molar-refractivity contribution is 6.33. The Morgan fingerprint density at radius 2 is 2.00 bits per heavy atom. The lowest BCUT2D eigenvalue weighted by Crippen LogP contribution is -2.22. The van der Waals surface area contributed by atoms with Crippen LogP contribution < -0.4 is 10.9 Å². The molecule has 25 heavy (non-hydrogen) atoms. The van der Waals surface area contributed by atoms with E-state index in [9.17, 15) is 9.59 Å². The molecule has 0 unspecified atom stereocenters. The third-order valence-electron chi connectivity index (χ3n) is 4.36. The molecule has 3 aromatic rings. The summed E-state index contributed by atoms with van der Waals surface area (Å²) in [6.45, 7) is 1.78. The second-order valence-corrected chi connectivity index (χ2v) is 6.65. The number of carbonyl (C=O) groups is 1. The highest BCUT2D eigenvalue weighted by atomic mass is 35.5. The lowest BCUT2D eigenvalue weighted by Gasteiger charge is -2.13. The Bertz CT molecular complexity index is 1050. The Labute approximate surface area is 149 Å². The number of fused-ring (bicyclic) bond motifs is 1. The van der Waals surface area contributed by atoms with Crippen LogP contribution >= 0.6 is 11.6 Å². The minimum absolute atomic E-state index is 0.0280. The predicted molar refractivity (Wildman–Crippen MR) is 98.4 cm³/mol. The number of amides is 1. The lowest BCUT2D eigenvalue weighted by atomic mass is 10.2. The molecular formula is C19H16ClN3O2. The molecule has 0 atom stereocenters. The molecule has 2 aromatic carbocycles. The van der Waals surface area contributed by atoms with Gasteiger partial charge in [-0.05, 0) is 50.1 Å². The van der Waals surface area contributed by atoms with E-state index in [0.29, 0.717) is 33.1 Å². The molecule has 1 amide bonds. The predicted octanol–water partition coefficient (Wildman–Crippen LogP) is 3.70. The SMILES string of the molecule is Cc1nc2ccccc2c(=O)n1-c1ccc(Cl)c(NC(=O)C2CC2)c1. The van der Waals surface area contributed by atoms with Crippen LogP contribution in [0.25, 0.3) is 16.6 Å². The monoisotopic (exact) mass is 353 g/mol. The summed E-state index contributed by atoms with van der Waals surface area (Å²) in [6, 6.07) is 12.4. The summed E-state index contributed by atoms with van der Waals surface area (Å²) in [6.07, 6.45) is 1.83. The van der Waals surface area contributed by atoms with Crippen LogP contribution in [0.2, 0.25) is 5.02 Å². The fourth-order valence-electron chi connectivity index (χ4n) is 2.88. The number of halogens is 1. The van der Waals surface area contributed by atoms with Gasteiger partial charge in [-0.3, -0.25) is 14.2 Å². The second kappa shape index (κ2) is 6.01. The van der Waals surface area contributed by atoms with E-state index in [-0.39, 0.29) is 17.4 Å². The van der Waals surface area contributed by atoms with Crippen molar-refractivity contribution in [1.82, 2.24) is 9.55 Å². The van der Waals surface area contributed by atoms with Crippen LogP contribution in [-0.4, -0.2) is 15.5 Å². The average molecular weight is 354 g/mol. The molecule has 1 aliphatic rings. The summed E-state index contributed by atoms with van der Waals surface area (Å²) >= 11 is 6.21. The summed E-state index contributed by atoms with van der Waals surface area (Å²) in [4.78, 5) is 29.4. The summed E-state index contributed by atoms with van der Waals surface area (Å²) < 4.78 is 1.53. The van der Waals surface area contributed by atoms with Crippen molar-refractivity contribution >= 4 is 34.1 Å². The first-order valence-corrected chi connectivity index (χ1v) is 8.51. The molecule has 5 nitrogen and oxygen atoms in total. The molecule has 1 heterocycles. The third kappa shape index (κ3) is 2.91. The molecule has 0 saturated heterocycles. The zero-order valence-corrected chi connectivity index (χ0v) is 14.4. The van der Waals surface area contributed by atoms with E-state index in [0.717, 1.165) is 12.8 Å². The Balaban J connectivity index is 1.83. The van der Waals surface area contributed by atoms with Crippen molar-refractivity contribution in [2.24, 2.45) is 5.92 Å². The molecular weight excluding hydrogens is 338 g/mol. The van der Waals surface area contributed by atoms with E-state index in [2.05, 4.69) is 10.3 Å². The van der Waals surface area contributed by atoms with Crippen molar-refractivity contribution in [3.05, 3.63) is 63.7 Å². The van der Waals surface area contributed by atoms with Gasteiger partial charge in [0.05, 0.1) is 27.3 Å². The molecule has 126 valence electrons. The topological polar surface area (TPSA) is 64.0 Å². The number of hydrogen-bond donors (Lipinski definition) is 1. The average Bonchev–Trinajstić information content (AvgIpc) is 3.43. The maximum atomic E-state index is 12.9. The van der Waals surface area contributed by atoms with Gasteiger partial charge >= 0.3 is 0 Å². The maximum Gasteiger partial charge on any atom is 0.265 e. The van der Waals surface area contributed by atoms with Crippen LogP contribution in [0.3, 0.4) is 0 Å². The lowest BCUT2D eigenvalue weighted by molar-refractivity contribution is -0.117. The first-order chi connectivity index (χ1) is 12.0. The number of benzene rings is 2. The van der Waals surface area contributed by atoms with Crippen molar-refractivity contribution in [3.63, 3.8) is 0 Å². The van der Waals surface area contributed by atoms with Crippen molar-refractivity contribution in [1.29, 1.82) is 0 Å². The fourth-order valence-corrected chi connectivity index (χ4v) is 3.04. The van der Waals surface area contributed by atoms with E-state index in [1.807, 2.05) is 18.2 Å². The number of para-hydroxylation sites is 1. The van der Waals surface area contributed by atoms with Crippen molar-refractivity contribution < 1.29 is 4.79 Å². The second-order valence-electron chi connectivity index (χ2n) is 6.24. The number of nitrogens with one attached hydrogen (secondary N) is 1. The van der Waals surface area contributed by atoms with Gasteiger partial charge in [-0.25, -0.2) is 4.98 Å². The third-order valence-corrected chi connectivity index (χ3v) is 4.69. The maximum absolute atomic E-state index is 12.9. The number of aromatic nitrogens is 2. The normalized spacial score (nSPS) is 13.8. The first-order valence-electron chi connectivity index (χ1n) is 8.14. The van der Waals surface area contributed by atoms with E-state index in [1.54, 1.807) is 31.2 Å². The molecule has 1 N–H and O–H groups in total. The van der Waals surface area contributed by atoms with Crippen LogP contribution in [0.4, 0.5) is 5.69 Å². The van der Waals surface area contributed by atoms with Gasteiger partial charge in [-0.15, -0.1) is 0 Å². The zero-order valence-electron chi connectivity index (χ0n) is 13.6. The van der Waals surface area contributed by atoms with Gasteiger partial charge in [0.1, 0.15) is 5.82 Å². The van der Waals surface area contributed by atoms with Gasteiger partial charge in [-0.1, -0.05) is 23.7 Å². The summed E-state index contributed by atoms with van der Waals surface area (Å²) in [7, 11) is 0. The van der Waals surface area contributed by atoms with Crippen LogP contribution in [0, 0.1) is 12.8 Å². The van der Waals surface area contributed by atoms with Crippen molar-refractivity contribution in [3.8, 4) is 5.69 Å². The summed E-state index contributed by atoms with van der Waals surface area (Å²) in [5, 5.41) is 3.84. The zero-order chi connectivity index (χ0) is 17.6. The molecule has 0 radical (unpaired) electrons. The van der Waals surface area contributed by atoms with Crippen molar-refractivity contribution in [2.75, 3.05) is 5.32 Å². The van der Waals surface area contributed by atoms with E-state index in [4.69, 9.17) is 11.6 Å². The molecule has 0 aliphatic heterocycles. The van der Waals surface area contributed by atoms with Gasteiger partial charge in [0.2, 0.25) is 5.91 Å². The molecule has 1 fully saturated rings. The van der Waals surface area contributed by atoms with Gasteiger partial charge in [0, 0.05) is 5.92 Å². The van der Waals surface area contributed by atoms with Crippen LogP contribution in [0.1, 0.15) is 18.7 Å². The number of rotatable bonds is 3. The van der Waals surface area contributed by atoms with E-state index >= 15 is 0 Å². The van der Waals surface area contributed by atoms with Crippen molar-refractivity contribution in [2.45, 2.75) is 19.8 Å². The molecule has 1 aromatic heterocycles. The van der Waals surface area contributed by atoms with E-state index < -0.39 is 0 Å². The van der Waals surface area contributed by atoms with Crippen LogP contribution in [0.15, 0.2) is 47.3 Å². The minimum Gasteiger partial charge on any atom is -0.324 e. The van der Waals surface area contributed by atoms with Crippen LogP contribution in [-0.2, 0) is 4.79 Å². The molecule has 1 aliphatic carbocycles. The van der Waals surface area contributed by atoms with Gasteiger partial charge in [0.15, 0.2) is 0 Å². The Morgan fingerprint density at radius 3 is 2.76 bits per heavy atom. The summed E-state index contributed by atoms with van der Waals surface area (Å²) in [5.41, 5.74) is 1.65. The Morgan fingerprint density at radius 1 is 1.24 bits per heavy atom. The number of anilines is 1. The quantitative estimate of drug-likeness (QED) is 0.781. The molecule has 0 spiro atoms. The Hall–Kier alpha value is -2.66. The molecule has 4 rings (SSSR count). The number of nitrogens with zero attached hydrogens (tertiary/aromatic N) is 2. The molecule has 6 heteroatoms. The largest absolute Gasteiger partial charge is 0.324 e. The fraction of sp³-hybridized carbons (Fsp3) is 0.211. The Kier molecular flexibility index (Phi) is 3.81. The highest BCUT2D eigenvalue weighted by Crippen LogP contribution is 2.32. The highest BCUT2D eigenvalue weighted by Gasteiger charge is 2.30. The molecule has 0 bridgehead atoms. The van der Waals surface area contributed by atoms with Gasteiger partial charge in [0.25, 0.3) is 5.56 Å². The van der Waals surface area contributed by atoms with Crippen LogP contribution in [0.5, 0.6) is 0 Å².